The lowest BCUT2D eigenvalue weighted by Gasteiger charge is -2.10. The van der Waals surface area contributed by atoms with Crippen LogP contribution in [0.2, 0.25) is 0 Å². The minimum absolute atomic E-state index is 0.166. The standard InChI is InChI=1S/C23H22N6O/c1-14(2)29-22-19(13-26-29)18(10-20(28-22)15-8-9-15)23(30)27-17-11-24-21(25-12-17)16-6-4-3-5-7-16/h3-7,10-15H,8-9H2,1-2H3,(H,27,30). The molecule has 1 aromatic carbocycles. The van der Waals surface area contributed by atoms with Crippen molar-refractivity contribution in [1.29, 1.82) is 0 Å². The Labute approximate surface area is 174 Å². The van der Waals surface area contributed by atoms with Crippen molar-refractivity contribution in [3.8, 4) is 11.4 Å². The van der Waals surface area contributed by atoms with Gasteiger partial charge in [-0.25, -0.2) is 19.6 Å². The fourth-order valence-corrected chi connectivity index (χ4v) is 3.52. The molecule has 1 saturated carbocycles. The van der Waals surface area contributed by atoms with Crippen LogP contribution in [0.5, 0.6) is 0 Å². The normalized spacial score (nSPS) is 13.7. The molecule has 5 rings (SSSR count). The topological polar surface area (TPSA) is 85.6 Å². The summed E-state index contributed by atoms with van der Waals surface area (Å²) >= 11 is 0. The minimum atomic E-state index is -0.205. The number of carbonyl (C=O) groups excluding carboxylic acids is 1. The zero-order valence-electron chi connectivity index (χ0n) is 16.9. The highest BCUT2D eigenvalue weighted by Crippen LogP contribution is 2.40. The van der Waals surface area contributed by atoms with Gasteiger partial charge in [-0.15, -0.1) is 0 Å². The van der Waals surface area contributed by atoms with Gasteiger partial charge in [-0.3, -0.25) is 4.79 Å². The summed E-state index contributed by atoms with van der Waals surface area (Å²) in [6, 6.07) is 11.8. The molecule has 1 aliphatic carbocycles. The molecule has 1 aliphatic rings. The molecule has 0 spiro atoms. The van der Waals surface area contributed by atoms with E-state index in [0.29, 0.717) is 23.0 Å². The van der Waals surface area contributed by atoms with E-state index in [4.69, 9.17) is 4.98 Å². The lowest BCUT2D eigenvalue weighted by molar-refractivity contribution is 0.102. The molecule has 7 heteroatoms. The molecule has 150 valence electrons. The van der Waals surface area contributed by atoms with E-state index in [1.807, 2.05) is 41.1 Å². The number of nitrogens with one attached hydrogen (secondary N) is 1. The summed E-state index contributed by atoms with van der Waals surface area (Å²) < 4.78 is 1.87. The predicted molar refractivity (Wildman–Crippen MR) is 115 cm³/mol. The molecule has 4 aromatic rings. The fraction of sp³-hybridized carbons (Fsp3) is 0.261. The van der Waals surface area contributed by atoms with Crippen molar-refractivity contribution in [3.63, 3.8) is 0 Å². The van der Waals surface area contributed by atoms with Crippen molar-refractivity contribution in [2.24, 2.45) is 0 Å². The molecular formula is C23H22N6O. The summed E-state index contributed by atoms with van der Waals surface area (Å²) in [6.07, 6.45) is 7.22. The van der Waals surface area contributed by atoms with Crippen LogP contribution in [0.4, 0.5) is 5.69 Å². The Hall–Kier alpha value is -3.61. The van der Waals surface area contributed by atoms with E-state index in [9.17, 15) is 4.79 Å². The average Bonchev–Trinajstić information content (AvgIpc) is 3.53. The quantitative estimate of drug-likeness (QED) is 0.531. The van der Waals surface area contributed by atoms with Crippen molar-refractivity contribution in [2.45, 2.75) is 38.6 Å². The van der Waals surface area contributed by atoms with Crippen LogP contribution in [0.1, 0.15) is 54.7 Å². The van der Waals surface area contributed by atoms with E-state index in [1.54, 1.807) is 18.6 Å². The Morgan fingerprint density at radius 1 is 1.10 bits per heavy atom. The van der Waals surface area contributed by atoms with Gasteiger partial charge >= 0.3 is 0 Å². The maximum atomic E-state index is 13.1. The molecule has 0 unspecified atom stereocenters. The zero-order chi connectivity index (χ0) is 20.7. The minimum Gasteiger partial charge on any atom is -0.319 e. The number of carbonyl (C=O) groups is 1. The molecule has 0 bridgehead atoms. The molecule has 0 aliphatic heterocycles. The number of hydrogen-bond acceptors (Lipinski definition) is 5. The average molecular weight is 398 g/mol. The molecule has 30 heavy (non-hydrogen) atoms. The first-order valence-electron chi connectivity index (χ1n) is 10.2. The SMILES string of the molecule is CC(C)n1ncc2c(C(=O)Nc3cnc(-c4ccccc4)nc3)cc(C3CC3)nc21. The van der Waals surface area contributed by atoms with Crippen LogP contribution in [-0.2, 0) is 0 Å². The van der Waals surface area contributed by atoms with Crippen molar-refractivity contribution in [2.75, 3.05) is 5.32 Å². The fourth-order valence-electron chi connectivity index (χ4n) is 3.52. The molecule has 0 saturated heterocycles. The molecule has 7 nitrogen and oxygen atoms in total. The summed E-state index contributed by atoms with van der Waals surface area (Å²) in [5.74, 6) is 0.850. The van der Waals surface area contributed by atoms with Crippen LogP contribution in [0.3, 0.4) is 0 Å². The third-order valence-corrected chi connectivity index (χ3v) is 5.26. The highest BCUT2D eigenvalue weighted by Gasteiger charge is 2.28. The number of benzene rings is 1. The zero-order valence-corrected chi connectivity index (χ0v) is 16.9. The Bertz CT molecular complexity index is 1210. The largest absolute Gasteiger partial charge is 0.319 e. The maximum Gasteiger partial charge on any atom is 0.256 e. The van der Waals surface area contributed by atoms with Gasteiger partial charge in [0, 0.05) is 23.2 Å². The van der Waals surface area contributed by atoms with Gasteiger partial charge in [0.25, 0.3) is 5.91 Å². The van der Waals surface area contributed by atoms with Crippen LogP contribution in [0.15, 0.2) is 55.0 Å². The van der Waals surface area contributed by atoms with Gasteiger partial charge in [-0.1, -0.05) is 30.3 Å². The van der Waals surface area contributed by atoms with E-state index in [0.717, 1.165) is 35.1 Å². The van der Waals surface area contributed by atoms with Crippen LogP contribution in [0.25, 0.3) is 22.4 Å². The predicted octanol–water partition coefficient (Wildman–Crippen LogP) is 4.60. The summed E-state index contributed by atoms with van der Waals surface area (Å²) in [6.45, 7) is 4.12. The van der Waals surface area contributed by atoms with Crippen molar-refractivity contribution in [1.82, 2.24) is 24.7 Å². The van der Waals surface area contributed by atoms with Gasteiger partial charge in [0.1, 0.15) is 0 Å². The van der Waals surface area contributed by atoms with Crippen molar-refractivity contribution < 1.29 is 4.79 Å². The molecule has 3 heterocycles. The monoisotopic (exact) mass is 398 g/mol. The Morgan fingerprint density at radius 2 is 1.83 bits per heavy atom. The lowest BCUT2D eigenvalue weighted by atomic mass is 10.1. The Kier molecular flexibility index (Phi) is 4.50. The number of rotatable bonds is 5. The lowest BCUT2D eigenvalue weighted by Crippen LogP contribution is -2.14. The summed E-state index contributed by atoms with van der Waals surface area (Å²) in [7, 11) is 0. The third-order valence-electron chi connectivity index (χ3n) is 5.26. The second kappa shape index (κ2) is 7.33. The molecule has 0 atom stereocenters. The number of aromatic nitrogens is 5. The number of fused-ring (bicyclic) bond motifs is 1. The van der Waals surface area contributed by atoms with Crippen LogP contribution in [0, 0.1) is 0 Å². The first kappa shape index (κ1) is 18.4. The summed E-state index contributed by atoms with van der Waals surface area (Å²) in [4.78, 5) is 26.7. The van der Waals surface area contributed by atoms with Gasteiger partial charge in [0.15, 0.2) is 11.5 Å². The number of hydrogen-bond donors (Lipinski definition) is 1. The molecule has 1 fully saturated rings. The number of amides is 1. The maximum absolute atomic E-state index is 13.1. The summed E-state index contributed by atoms with van der Waals surface area (Å²) in [5.41, 5.74) is 3.79. The van der Waals surface area contributed by atoms with Gasteiger partial charge in [0.2, 0.25) is 0 Å². The first-order valence-corrected chi connectivity index (χ1v) is 10.2. The van der Waals surface area contributed by atoms with Gasteiger partial charge in [-0.05, 0) is 32.8 Å². The van der Waals surface area contributed by atoms with E-state index in [1.165, 1.54) is 0 Å². The third kappa shape index (κ3) is 3.43. The first-order chi connectivity index (χ1) is 14.6. The molecule has 0 radical (unpaired) electrons. The van der Waals surface area contributed by atoms with Gasteiger partial charge in [-0.2, -0.15) is 5.10 Å². The van der Waals surface area contributed by atoms with Crippen molar-refractivity contribution in [3.05, 3.63) is 66.2 Å². The van der Waals surface area contributed by atoms with Crippen molar-refractivity contribution >= 4 is 22.6 Å². The highest BCUT2D eigenvalue weighted by atomic mass is 16.1. The molecule has 1 N–H and O–H groups in total. The second-order valence-corrected chi connectivity index (χ2v) is 7.90. The summed E-state index contributed by atoms with van der Waals surface area (Å²) in [5, 5.41) is 8.14. The number of nitrogens with zero attached hydrogens (tertiary/aromatic N) is 5. The van der Waals surface area contributed by atoms with E-state index in [2.05, 4.69) is 34.2 Å². The van der Waals surface area contributed by atoms with Gasteiger partial charge in [0.05, 0.1) is 35.2 Å². The van der Waals surface area contributed by atoms with E-state index in [-0.39, 0.29) is 11.9 Å². The Morgan fingerprint density at radius 3 is 2.50 bits per heavy atom. The van der Waals surface area contributed by atoms with Crippen LogP contribution < -0.4 is 5.32 Å². The smallest absolute Gasteiger partial charge is 0.256 e. The Balaban J connectivity index is 1.46. The van der Waals surface area contributed by atoms with Gasteiger partial charge < -0.3 is 5.32 Å². The van der Waals surface area contributed by atoms with Crippen LogP contribution >= 0.6 is 0 Å². The van der Waals surface area contributed by atoms with E-state index >= 15 is 0 Å². The second-order valence-electron chi connectivity index (χ2n) is 7.90. The molecule has 3 aromatic heterocycles. The van der Waals surface area contributed by atoms with E-state index < -0.39 is 0 Å². The van der Waals surface area contributed by atoms with Crippen LogP contribution in [-0.4, -0.2) is 30.6 Å². The number of anilines is 1. The number of pyridine rings is 1. The highest BCUT2D eigenvalue weighted by molar-refractivity contribution is 6.12. The molecular weight excluding hydrogens is 376 g/mol. The molecule has 1 amide bonds.